The number of aliphatic hydroxyl groups is 1. The van der Waals surface area contributed by atoms with E-state index in [2.05, 4.69) is 17.5 Å². The summed E-state index contributed by atoms with van der Waals surface area (Å²) in [6.07, 6.45) is 5.86. The summed E-state index contributed by atoms with van der Waals surface area (Å²) in [7, 11) is 1.50. The summed E-state index contributed by atoms with van der Waals surface area (Å²) in [5.41, 5.74) is -1.27. The van der Waals surface area contributed by atoms with Crippen molar-refractivity contribution in [1.82, 2.24) is 0 Å². The minimum Gasteiger partial charge on any atom is -0.475 e. The van der Waals surface area contributed by atoms with Crippen LogP contribution in [0.4, 0.5) is 0 Å². The number of terminal acetylenes is 1. The number of halogens is 3. The van der Waals surface area contributed by atoms with Gasteiger partial charge in [-0.15, -0.1) is 13.0 Å². The average molecular weight is 327 g/mol. The fourth-order valence-electron chi connectivity index (χ4n) is 1.67. The largest absolute Gasteiger partial charge is 0.475 e. The third-order valence-electron chi connectivity index (χ3n) is 2.80. The van der Waals surface area contributed by atoms with Crippen molar-refractivity contribution in [3.05, 3.63) is 12.7 Å². The van der Waals surface area contributed by atoms with Gasteiger partial charge >= 0.3 is 0 Å². The Morgan fingerprint density at radius 1 is 1.79 bits per heavy atom. The molecule has 0 saturated carbocycles. The van der Waals surface area contributed by atoms with Gasteiger partial charge in [-0.3, -0.25) is 0 Å². The van der Waals surface area contributed by atoms with E-state index in [1.807, 2.05) is 0 Å². The molecule has 0 aromatic heterocycles. The number of hydrogen-bond donors (Lipinski definition) is 1. The van der Waals surface area contributed by atoms with E-state index in [9.17, 15) is 5.11 Å². The Balaban J connectivity index is 3.14. The number of nitrogens with zero attached hydrogens (tertiary/aromatic N) is 1. The second kappa shape index (κ2) is 6.34. The van der Waals surface area contributed by atoms with Crippen LogP contribution in [-0.2, 0) is 9.47 Å². The van der Waals surface area contributed by atoms with Crippen molar-refractivity contribution in [2.24, 2.45) is 4.99 Å². The van der Waals surface area contributed by atoms with Crippen LogP contribution in [-0.4, -0.2) is 46.3 Å². The van der Waals surface area contributed by atoms with E-state index < -0.39 is 15.4 Å². The number of alkyl halides is 3. The third-order valence-corrected chi connectivity index (χ3v) is 3.29. The predicted molar refractivity (Wildman–Crippen MR) is 76.9 cm³/mol. The molecule has 3 atom stereocenters. The van der Waals surface area contributed by atoms with Crippen LogP contribution in [0, 0.1) is 12.3 Å². The molecule has 0 aliphatic carbocycles. The molecule has 1 rings (SSSR count). The maximum Gasteiger partial charge on any atom is 0.266 e. The molecule has 1 aliphatic rings. The molecule has 0 radical (unpaired) electrons. The zero-order chi connectivity index (χ0) is 14.7. The Labute approximate surface area is 127 Å². The number of aliphatic hydroxyl groups excluding tert-OH is 1. The van der Waals surface area contributed by atoms with Crippen molar-refractivity contribution in [2.45, 2.75) is 28.0 Å². The SMILES string of the molecule is C#C[C@]1(C[C@H](C=C)OC)N=C(C(Cl)(Cl)Cl)OC[C@@H]1O. The van der Waals surface area contributed by atoms with Crippen LogP contribution in [0.1, 0.15) is 6.42 Å². The standard InChI is InChI=1S/C12H14Cl3NO3/c1-4-8(18-3)6-11(5-2)9(17)7-19-10(16-11)12(13,14)15/h2,4,8-9,17H,1,6-7H2,3H3/t8-,9-,11+/m0/s1. The zero-order valence-electron chi connectivity index (χ0n) is 10.3. The fraction of sp³-hybridized carbons (Fsp3) is 0.583. The number of rotatable bonds is 4. The van der Waals surface area contributed by atoms with Crippen molar-refractivity contribution in [1.29, 1.82) is 0 Å². The first-order chi connectivity index (χ1) is 8.79. The number of ether oxygens (including phenoxy) is 2. The van der Waals surface area contributed by atoms with E-state index in [1.165, 1.54) is 7.11 Å². The lowest BCUT2D eigenvalue weighted by Gasteiger charge is -2.36. The van der Waals surface area contributed by atoms with Crippen LogP contribution in [0.5, 0.6) is 0 Å². The summed E-state index contributed by atoms with van der Waals surface area (Å²) in [6.45, 7) is 3.52. The van der Waals surface area contributed by atoms with Gasteiger partial charge in [0.05, 0.1) is 6.10 Å². The Bertz CT molecular complexity index is 413. The number of aliphatic imine (C=N–C) groups is 1. The van der Waals surface area contributed by atoms with Gasteiger partial charge in [0.25, 0.3) is 3.79 Å². The van der Waals surface area contributed by atoms with Gasteiger partial charge in [0, 0.05) is 13.5 Å². The Hall–Kier alpha value is -0.440. The highest BCUT2D eigenvalue weighted by Crippen LogP contribution is 2.35. The van der Waals surface area contributed by atoms with E-state index in [0.29, 0.717) is 0 Å². The lowest BCUT2D eigenvalue weighted by atomic mass is 9.87. The molecule has 19 heavy (non-hydrogen) atoms. The summed E-state index contributed by atoms with van der Waals surface area (Å²) in [5.74, 6) is 2.31. The van der Waals surface area contributed by atoms with Crippen molar-refractivity contribution < 1.29 is 14.6 Å². The van der Waals surface area contributed by atoms with Crippen molar-refractivity contribution in [2.75, 3.05) is 13.7 Å². The van der Waals surface area contributed by atoms with Gasteiger partial charge in [0.2, 0.25) is 5.90 Å². The van der Waals surface area contributed by atoms with Crippen LogP contribution >= 0.6 is 34.8 Å². The van der Waals surface area contributed by atoms with E-state index in [1.54, 1.807) is 6.08 Å². The second-order valence-corrected chi connectivity index (χ2v) is 6.31. The summed E-state index contributed by atoms with van der Waals surface area (Å²) in [5, 5.41) is 10.0. The molecule has 1 aliphatic heterocycles. The minimum absolute atomic E-state index is 0.107. The van der Waals surface area contributed by atoms with E-state index in [0.717, 1.165) is 0 Å². The summed E-state index contributed by atoms with van der Waals surface area (Å²) < 4.78 is 8.43. The van der Waals surface area contributed by atoms with Gasteiger partial charge in [-0.2, -0.15) is 0 Å². The minimum atomic E-state index is -1.83. The first kappa shape index (κ1) is 16.6. The highest BCUT2D eigenvalue weighted by molar-refractivity contribution is 6.76. The van der Waals surface area contributed by atoms with Gasteiger partial charge in [-0.05, 0) is 0 Å². The van der Waals surface area contributed by atoms with Crippen LogP contribution < -0.4 is 0 Å². The quantitative estimate of drug-likeness (QED) is 0.489. The first-order valence-electron chi connectivity index (χ1n) is 5.40. The molecule has 0 saturated heterocycles. The summed E-state index contributed by atoms with van der Waals surface area (Å²) in [4.78, 5) is 4.10. The molecule has 0 bridgehead atoms. The zero-order valence-corrected chi connectivity index (χ0v) is 12.5. The molecule has 4 nitrogen and oxygen atoms in total. The normalized spacial score (nSPS) is 28.8. The molecule has 0 unspecified atom stereocenters. The predicted octanol–water partition coefficient (Wildman–Crippen LogP) is 2.11. The number of methoxy groups -OCH3 is 1. The molecule has 0 aromatic rings. The second-order valence-electron chi connectivity index (χ2n) is 4.02. The van der Waals surface area contributed by atoms with Crippen molar-refractivity contribution >= 4 is 40.7 Å². The van der Waals surface area contributed by atoms with Crippen molar-refractivity contribution in [3.63, 3.8) is 0 Å². The maximum atomic E-state index is 10.0. The molecule has 0 aromatic carbocycles. The van der Waals surface area contributed by atoms with E-state index in [-0.39, 0.29) is 25.0 Å². The Kier molecular flexibility index (Phi) is 5.54. The van der Waals surface area contributed by atoms with Crippen LogP contribution in [0.25, 0.3) is 0 Å². The van der Waals surface area contributed by atoms with Gasteiger partial charge in [-0.25, -0.2) is 4.99 Å². The number of hydrogen-bond acceptors (Lipinski definition) is 4. The molecule has 1 N–H and O–H groups in total. The molecule has 7 heteroatoms. The van der Waals surface area contributed by atoms with E-state index >= 15 is 0 Å². The Morgan fingerprint density at radius 2 is 2.42 bits per heavy atom. The average Bonchev–Trinajstić information content (AvgIpc) is 2.36. The molecular formula is C12H14Cl3NO3. The first-order valence-corrected chi connectivity index (χ1v) is 6.53. The Morgan fingerprint density at radius 3 is 2.84 bits per heavy atom. The molecule has 106 valence electrons. The molecular weight excluding hydrogens is 312 g/mol. The van der Waals surface area contributed by atoms with Crippen LogP contribution in [0.3, 0.4) is 0 Å². The molecule has 0 spiro atoms. The van der Waals surface area contributed by atoms with Crippen molar-refractivity contribution in [3.8, 4) is 12.3 Å². The maximum absolute atomic E-state index is 10.0. The summed E-state index contributed by atoms with van der Waals surface area (Å²) in [6, 6.07) is 0. The van der Waals surface area contributed by atoms with Crippen LogP contribution in [0.2, 0.25) is 0 Å². The lowest BCUT2D eigenvalue weighted by molar-refractivity contribution is 0.0166. The lowest BCUT2D eigenvalue weighted by Crippen LogP contribution is -2.50. The molecule has 1 heterocycles. The van der Waals surface area contributed by atoms with Gasteiger partial charge in [-0.1, -0.05) is 46.8 Å². The third kappa shape index (κ3) is 3.77. The highest BCUT2D eigenvalue weighted by atomic mass is 35.6. The fourth-order valence-corrected chi connectivity index (χ4v) is 1.96. The smallest absolute Gasteiger partial charge is 0.266 e. The van der Waals surface area contributed by atoms with Gasteiger partial charge in [0.15, 0.2) is 5.54 Å². The molecule has 0 amide bonds. The van der Waals surface area contributed by atoms with Gasteiger partial charge in [0.1, 0.15) is 12.7 Å². The molecule has 0 fully saturated rings. The van der Waals surface area contributed by atoms with E-state index in [4.69, 9.17) is 50.7 Å². The summed E-state index contributed by atoms with van der Waals surface area (Å²) >= 11 is 17.2. The monoisotopic (exact) mass is 325 g/mol. The van der Waals surface area contributed by atoms with Gasteiger partial charge < -0.3 is 14.6 Å². The van der Waals surface area contributed by atoms with Crippen LogP contribution in [0.15, 0.2) is 17.6 Å². The topological polar surface area (TPSA) is 51.0 Å². The highest BCUT2D eigenvalue weighted by Gasteiger charge is 2.46.